The first-order chi connectivity index (χ1) is 25.4. The Morgan fingerprint density at radius 2 is 0.463 bits per heavy atom. The first kappa shape index (κ1) is 42.3. The van der Waals surface area contributed by atoms with E-state index in [0.717, 1.165) is 0 Å². The molecular weight excluding hydrogens is 731 g/mol. The highest BCUT2D eigenvalue weighted by molar-refractivity contribution is 7.97. The summed E-state index contributed by atoms with van der Waals surface area (Å²) in [5, 5.41) is 0. The monoisotopic (exact) mass is 776 g/mol. The number of rotatable bonds is 6. The maximum absolute atomic E-state index is 10.4. The Balaban J connectivity index is 0.000000201. The summed E-state index contributed by atoms with van der Waals surface area (Å²) >= 11 is 0. The van der Waals surface area contributed by atoms with Crippen LogP contribution in [0.1, 0.15) is 52.7 Å². The van der Waals surface area contributed by atoms with E-state index < -0.39 is 12.4 Å². The molecule has 0 aliphatic heterocycles. The van der Waals surface area contributed by atoms with Gasteiger partial charge in [-0.15, -0.1) is 0 Å². The fraction of sp³-hybridized carbons (Fsp3) is 0.217. The van der Waals surface area contributed by atoms with Crippen LogP contribution in [0.15, 0.2) is 199 Å². The summed E-state index contributed by atoms with van der Waals surface area (Å²) in [7, 11) is -0.0994. The minimum atomic E-state index is -6.06. The molecule has 0 amide bonds. The van der Waals surface area contributed by atoms with Crippen molar-refractivity contribution in [2.24, 2.45) is 0 Å². The summed E-state index contributed by atoms with van der Waals surface area (Å²) in [6, 6.07) is 61.5. The van der Waals surface area contributed by atoms with E-state index in [1.165, 1.54) is 40.5 Å². The Morgan fingerprint density at radius 3 is 0.630 bits per heavy atom. The van der Waals surface area contributed by atoms with Crippen molar-refractivity contribution in [3.63, 3.8) is 0 Å². The zero-order valence-corrected chi connectivity index (χ0v) is 32.9. The maximum Gasteiger partial charge on any atom is 0.487 e. The molecule has 0 aliphatic carbocycles. The second kappa shape index (κ2) is 18.3. The Hall–Kier alpha value is -4.40. The molecule has 0 N–H and O–H groups in total. The van der Waals surface area contributed by atoms with Gasteiger partial charge in [-0.25, -0.2) is 0 Å². The van der Waals surface area contributed by atoms with Gasteiger partial charge in [-0.2, -0.15) is 26.3 Å². The number of hydrogen-bond donors (Lipinski definition) is 0. The van der Waals surface area contributed by atoms with Crippen molar-refractivity contribution in [2.45, 2.75) is 94.1 Å². The van der Waals surface area contributed by atoms with E-state index in [4.69, 9.17) is 0 Å². The van der Waals surface area contributed by atoms with Gasteiger partial charge in [0.1, 0.15) is 0 Å². The van der Waals surface area contributed by atoms with Gasteiger partial charge in [-0.3, -0.25) is 0 Å². The topological polar surface area (TPSA) is 0 Å². The van der Waals surface area contributed by atoms with Gasteiger partial charge in [0.2, 0.25) is 0 Å². The van der Waals surface area contributed by atoms with Crippen LogP contribution in [0.4, 0.5) is 26.3 Å². The molecule has 0 atom stereocenters. The molecular formula is C46H46F6S2+2. The molecule has 0 heterocycles. The lowest BCUT2D eigenvalue weighted by Crippen LogP contribution is -2.30. The van der Waals surface area contributed by atoms with Crippen LogP contribution in [0, 0.1) is 0 Å². The second-order valence-corrected chi connectivity index (χ2v) is 18.5. The van der Waals surface area contributed by atoms with Gasteiger partial charge in [0.25, 0.3) is 0 Å². The molecule has 0 saturated carbocycles. The van der Waals surface area contributed by atoms with Gasteiger partial charge in [-0.1, -0.05) is 139 Å². The molecule has 0 spiro atoms. The molecule has 0 radical (unpaired) electrons. The van der Waals surface area contributed by atoms with Crippen molar-refractivity contribution in [3.8, 4) is 0 Å². The van der Waals surface area contributed by atoms with E-state index in [0.29, 0.717) is 0 Å². The molecule has 6 aromatic rings. The van der Waals surface area contributed by atoms with E-state index in [9.17, 15) is 26.3 Å². The Morgan fingerprint density at radius 1 is 0.278 bits per heavy atom. The zero-order chi connectivity index (χ0) is 39.6. The second-order valence-electron chi connectivity index (χ2n) is 14.4. The van der Waals surface area contributed by atoms with Crippen molar-refractivity contribution >= 4 is 21.8 Å². The highest BCUT2D eigenvalue weighted by atomic mass is 32.2. The number of alkyl halides is 6. The van der Waals surface area contributed by atoms with E-state index in [-0.39, 0.29) is 32.6 Å². The smallest absolute Gasteiger partial charge is 0.162 e. The largest absolute Gasteiger partial charge is 0.487 e. The fourth-order valence-corrected chi connectivity index (χ4v) is 9.39. The molecule has 0 unspecified atom stereocenters. The summed E-state index contributed by atoms with van der Waals surface area (Å²) < 4.78 is 62.6. The minimum absolute atomic E-state index is 0.0497. The number of halogens is 6. The molecule has 0 nitrogen and oxygen atoms in total. The van der Waals surface area contributed by atoms with Crippen LogP contribution in [0.5, 0.6) is 0 Å². The predicted molar refractivity (Wildman–Crippen MR) is 212 cm³/mol. The molecule has 54 heavy (non-hydrogen) atoms. The van der Waals surface area contributed by atoms with Gasteiger partial charge in [0, 0.05) is 0 Å². The molecule has 0 fully saturated rings. The molecule has 0 bridgehead atoms. The van der Waals surface area contributed by atoms with E-state index in [1.807, 2.05) is 0 Å². The molecule has 6 rings (SSSR count). The van der Waals surface area contributed by atoms with Crippen molar-refractivity contribution < 1.29 is 26.3 Å². The highest BCUT2D eigenvalue weighted by Gasteiger charge is 2.58. The fourth-order valence-electron chi connectivity index (χ4n) is 5.22. The first-order valence-electron chi connectivity index (χ1n) is 17.4. The molecule has 6 aromatic carbocycles. The summed E-state index contributed by atoms with van der Waals surface area (Å²) in [6.07, 6.45) is -12.1. The van der Waals surface area contributed by atoms with E-state index in [1.54, 1.807) is 0 Å². The summed E-state index contributed by atoms with van der Waals surface area (Å²) in [5.74, 6) is 0. The quantitative estimate of drug-likeness (QED) is 0.117. The normalized spacial score (nSPS) is 12.0. The minimum Gasteiger partial charge on any atom is -0.162 e. The summed E-state index contributed by atoms with van der Waals surface area (Å²) in [6.45, 7) is 13.6. The van der Waals surface area contributed by atoms with Gasteiger partial charge >= 0.3 is 12.4 Å². The van der Waals surface area contributed by atoms with Crippen LogP contribution in [-0.4, -0.2) is 12.4 Å². The molecule has 0 aliphatic rings. The van der Waals surface area contributed by atoms with Crippen LogP contribution < -0.4 is 0 Å². The third kappa shape index (κ3) is 12.1. The van der Waals surface area contributed by atoms with Crippen LogP contribution in [-0.2, 0) is 32.6 Å². The summed E-state index contributed by atoms with van der Waals surface area (Å²) in [5.41, 5.74) is 3.14. The van der Waals surface area contributed by atoms with Crippen molar-refractivity contribution in [1.29, 1.82) is 0 Å². The Labute approximate surface area is 322 Å². The lowest BCUT2D eigenvalue weighted by Gasteiger charge is -2.19. The average Bonchev–Trinajstić information content (AvgIpc) is 3.13. The molecule has 0 saturated heterocycles. The first-order valence-corrected chi connectivity index (χ1v) is 19.8. The maximum atomic E-state index is 10.4. The number of hydrogen-bond acceptors (Lipinski definition) is 0. The van der Waals surface area contributed by atoms with Gasteiger partial charge in [0.05, 0.1) is 21.8 Å². The molecule has 0 aromatic heterocycles. The molecule has 8 heteroatoms. The third-order valence-corrected chi connectivity index (χ3v) is 12.6. The van der Waals surface area contributed by atoms with Gasteiger partial charge < -0.3 is 0 Å². The lowest BCUT2D eigenvalue weighted by molar-refractivity contribution is -0.339. The van der Waals surface area contributed by atoms with Gasteiger partial charge in [-0.05, 0) is 94.8 Å². The number of benzene rings is 6. The predicted octanol–water partition coefficient (Wildman–Crippen LogP) is 14.3. The SMILES string of the molecule is CC(C)(C)c1ccc([S+](c2ccccc2)c2ccccc2)cc1.CC(C)(C)c1ccc([S+](c2ccccc2)c2ccccc2)cc1.FC(F)(F)C(F)(F)F. The third-order valence-electron chi connectivity index (χ3n) is 8.15. The average molecular weight is 777 g/mol. The van der Waals surface area contributed by atoms with Crippen molar-refractivity contribution in [2.75, 3.05) is 0 Å². The van der Waals surface area contributed by atoms with Crippen LogP contribution >= 0.6 is 0 Å². The van der Waals surface area contributed by atoms with Crippen LogP contribution in [0.2, 0.25) is 0 Å². The standard InChI is InChI=1S/2C22H23S.C2F6/c2*1-22(2,3)18-14-16-21(17-15-18)23(19-10-6-4-7-11-19)20-12-8-5-9-13-20;3-1(4,5)2(6,7)8/h2*4-17H,1-3H3;/q2*+1;. The van der Waals surface area contributed by atoms with Crippen molar-refractivity contribution in [1.82, 2.24) is 0 Å². The van der Waals surface area contributed by atoms with Crippen LogP contribution in [0.25, 0.3) is 0 Å². The Bertz CT molecular complexity index is 1740. The zero-order valence-electron chi connectivity index (χ0n) is 31.3. The van der Waals surface area contributed by atoms with Gasteiger partial charge in [0.15, 0.2) is 29.4 Å². The Kier molecular flexibility index (Phi) is 14.3. The van der Waals surface area contributed by atoms with Crippen LogP contribution in [0.3, 0.4) is 0 Å². The molecule has 282 valence electrons. The van der Waals surface area contributed by atoms with E-state index in [2.05, 4.69) is 211 Å². The summed E-state index contributed by atoms with van der Waals surface area (Å²) in [4.78, 5) is 8.19. The van der Waals surface area contributed by atoms with Crippen molar-refractivity contribution in [3.05, 3.63) is 181 Å². The lowest BCUT2D eigenvalue weighted by atomic mass is 9.87. The highest BCUT2D eigenvalue weighted by Crippen LogP contribution is 2.36. The van der Waals surface area contributed by atoms with E-state index >= 15 is 0 Å².